The summed E-state index contributed by atoms with van der Waals surface area (Å²) in [7, 11) is 0. The van der Waals surface area contributed by atoms with Crippen LogP contribution in [0.15, 0.2) is 16.7 Å². The van der Waals surface area contributed by atoms with Crippen LogP contribution in [0.1, 0.15) is 31.5 Å². The molecule has 1 saturated carbocycles. The number of nitrogens with zero attached hydrogens (tertiary/aromatic N) is 2. The minimum atomic E-state index is -0.0191. The van der Waals surface area contributed by atoms with E-state index in [2.05, 4.69) is 29.6 Å². The number of allylic oxidation sites excluding steroid dienone is 1. The molecule has 5 nitrogen and oxygen atoms in total. The van der Waals surface area contributed by atoms with E-state index in [9.17, 15) is 0 Å². The predicted molar refractivity (Wildman–Crippen MR) is 69.3 cm³/mol. The second-order valence-electron chi connectivity index (χ2n) is 4.99. The van der Waals surface area contributed by atoms with Crippen molar-refractivity contribution in [2.75, 3.05) is 19.8 Å². The molecule has 1 aliphatic rings. The Morgan fingerprint density at radius 3 is 2.84 bits per heavy atom. The Kier molecular flexibility index (Phi) is 4.35. The van der Waals surface area contributed by atoms with Gasteiger partial charge in [0.05, 0.1) is 13.2 Å². The highest BCUT2D eigenvalue weighted by molar-refractivity contribution is 5.25. The lowest BCUT2D eigenvalue weighted by Gasteiger charge is -2.37. The first-order chi connectivity index (χ1) is 9.14. The molecule has 0 saturated heterocycles. The van der Waals surface area contributed by atoms with Crippen molar-refractivity contribution in [3.63, 3.8) is 0 Å². The molecule has 19 heavy (non-hydrogen) atoms. The quantitative estimate of drug-likeness (QED) is 0.426. The zero-order valence-electron chi connectivity index (χ0n) is 11.1. The third kappa shape index (κ3) is 3.43. The van der Waals surface area contributed by atoms with E-state index in [0.29, 0.717) is 32.3 Å². The molecular formula is C14H18N2O3. The van der Waals surface area contributed by atoms with Crippen LogP contribution in [0, 0.1) is 12.3 Å². The summed E-state index contributed by atoms with van der Waals surface area (Å²) < 4.78 is 15.6. The van der Waals surface area contributed by atoms with Crippen molar-refractivity contribution in [1.29, 1.82) is 0 Å². The maximum absolute atomic E-state index is 5.36. The summed E-state index contributed by atoms with van der Waals surface area (Å²) >= 11 is 0. The normalized spacial score (nSPS) is 16.9. The van der Waals surface area contributed by atoms with Crippen molar-refractivity contribution < 1.29 is 14.0 Å². The van der Waals surface area contributed by atoms with Crippen molar-refractivity contribution in [1.82, 2.24) is 10.1 Å². The Hall–Kier alpha value is -1.64. The minimum absolute atomic E-state index is 0.0191. The van der Waals surface area contributed by atoms with Gasteiger partial charge in [0.1, 0.15) is 13.2 Å². The number of aromatic nitrogens is 2. The topological polar surface area (TPSA) is 57.4 Å². The molecule has 0 amide bonds. The lowest BCUT2D eigenvalue weighted by molar-refractivity contribution is 0.0412. The maximum Gasteiger partial charge on any atom is 0.252 e. The van der Waals surface area contributed by atoms with Gasteiger partial charge in [-0.25, -0.2) is 0 Å². The van der Waals surface area contributed by atoms with Gasteiger partial charge in [0.2, 0.25) is 0 Å². The summed E-state index contributed by atoms with van der Waals surface area (Å²) in [4.78, 5) is 4.36. The summed E-state index contributed by atoms with van der Waals surface area (Å²) in [5, 5.41) is 4.01. The molecule has 5 heteroatoms. The third-order valence-corrected chi connectivity index (χ3v) is 3.07. The van der Waals surface area contributed by atoms with Crippen molar-refractivity contribution in [3.05, 3.63) is 23.9 Å². The summed E-state index contributed by atoms with van der Waals surface area (Å²) in [6, 6.07) is 0. The fourth-order valence-electron chi connectivity index (χ4n) is 2.18. The van der Waals surface area contributed by atoms with Crippen LogP contribution in [0.3, 0.4) is 0 Å². The number of hydrogen-bond donors (Lipinski definition) is 0. The zero-order chi connectivity index (χ0) is 13.7. The van der Waals surface area contributed by atoms with E-state index in [4.69, 9.17) is 20.4 Å². The lowest BCUT2D eigenvalue weighted by atomic mass is 9.67. The van der Waals surface area contributed by atoms with E-state index < -0.39 is 0 Å². The van der Waals surface area contributed by atoms with Gasteiger partial charge in [0.15, 0.2) is 5.82 Å². The highest BCUT2D eigenvalue weighted by Gasteiger charge is 2.40. The molecule has 102 valence electrons. The van der Waals surface area contributed by atoms with Crippen LogP contribution in [0.2, 0.25) is 0 Å². The largest absolute Gasteiger partial charge is 0.369 e. The zero-order valence-corrected chi connectivity index (χ0v) is 11.1. The second kappa shape index (κ2) is 6.00. The molecule has 1 aromatic rings. The van der Waals surface area contributed by atoms with Gasteiger partial charge >= 0.3 is 0 Å². The Morgan fingerprint density at radius 2 is 2.16 bits per heavy atom. The Bertz CT molecular complexity index is 479. The van der Waals surface area contributed by atoms with Crippen LogP contribution in [0.25, 0.3) is 0 Å². The number of terminal acetylenes is 1. The van der Waals surface area contributed by atoms with Crippen molar-refractivity contribution in [3.8, 4) is 12.3 Å². The van der Waals surface area contributed by atoms with Crippen LogP contribution in [-0.2, 0) is 21.5 Å². The Labute approximate surface area is 113 Å². The van der Waals surface area contributed by atoms with Gasteiger partial charge in [-0.05, 0) is 12.8 Å². The second-order valence-corrected chi connectivity index (χ2v) is 4.99. The first-order valence-electron chi connectivity index (χ1n) is 6.23. The fraction of sp³-hybridized carbons (Fsp3) is 0.571. The van der Waals surface area contributed by atoms with E-state index in [0.717, 1.165) is 18.7 Å². The lowest BCUT2D eigenvalue weighted by Crippen LogP contribution is -2.33. The summed E-state index contributed by atoms with van der Waals surface area (Å²) in [5.41, 5.74) is 1.21. The van der Waals surface area contributed by atoms with Crippen LogP contribution >= 0.6 is 0 Å². The van der Waals surface area contributed by atoms with E-state index in [1.54, 1.807) is 0 Å². The van der Waals surface area contributed by atoms with Gasteiger partial charge in [-0.15, -0.1) is 6.42 Å². The molecule has 0 bridgehead atoms. The van der Waals surface area contributed by atoms with Crippen molar-refractivity contribution >= 4 is 0 Å². The average molecular weight is 262 g/mol. The monoisotopic (exact) mass is 262 g/mol. The van der Waals surface area contributed by atoms with E-state index in [-0.39, 0.29) is 5.41 Å². The SMILES string of the molecule is C#CCOCCOCc1nc(C2(C)CC(=C)C2)no1. The highest BCUT2D eigenvalue weighted by atomic mass is 16.5. The van der Waals surface area contributed by atoms with Crippen molar-refractivity contribution in [2.24, 2.45) is 0 Å². The highest BCUT2D eigenvalue weighted by Crippen LogP contribution is 2.44. The van der Waals surface area contributed by atoms with Crippen LogP contribution in [0.5, 0.6) is 0 Å². The minimum Gasteiger partial charge on any atom is -0.369 e. The van der Waals surface area contributed by atoms with Crippen LogP contribution < -0.4 is 0 Å². The third-order valence-electron chi connectivity index (χ3n) is 3.07. The van der Waals surface area contributed by atoms with Crippen molar-refractivity contribution in [2.45, 2.75) is 31.8 Å². The predicted octanol–water partition coefficient (Wildman–Crippen LogP) is 1.84. The molecule has 0 atom stereocenters. The molecule has 2 rings (SSSR count). The molecule has 1 heterocycles. The van der Waals surface area contributed by atoms with Gasteiger partial charge in [-0.1, -0.05) is 30.2 Å². The standard InChI is InChI=1S/C14H18N2O3/c1-4-5-17-6-7-18-10-12-15-13(16-19-12)14(3)8-11(2)9-14/h1H,2,5-10H2,3H3. The fourth-order valence-corrected chi connectivity index (χ4v) is 2.18. The van der Waals surface area contributed by atoms with Gasteiger partial charge in [-0.3, -0.25) is 0 Å². The Morgan fingerprint density at radius 1 is 1.42 bits per heavy atom. The molecule has 0 aromatic carbocycles. The molecule has 0 radical (unpaired) electrons. The average Bonchev–Trinajstić information content (AvgIpc) is 2.81. The van der Waals surface area contributed by atoms with Gasteiger partial charge in [0, 0.05) is 5.41 Å². The van der Waals surface area contributed by atoms with Gasteiger partial charge in [-0.2, -0.15) is 4.98 Å². The van der Waals surface area contributed by atoms with E-state index in [1.807, 2.05) is 0 Å². The first kappa shape index (κ1) is 13.8. The molecule has 0 spiro atoms. The van der Waals surface area contributed by atoms with E-state index in [1.165, 1.54) is 5.57 Å². The molecule has 1 aromatic heterocycles. The van der Waals surface area contributed by atoms with Crippen LogP contribution in [0.4, 0.5) is 0 Å². The molecule has 1 fully saturated rings. The first-order valence-corrected chi connectivity index (χ1v) is 6.23. The number of hydrogen-bond acceptors (Lipinski definition) is 5. The number of rotatable bonds is 7. The summed E-state index contributed by atoms with van der Waals surface area (Å²) in [6.07, 6.45) is 6.90. The smallest absolute Gasteiger partial charge is 0.252 e. The summed E-state index contributed by atoms with van der Waals surface area (Å²) in [6.45, 7) is 7.56. The Balaban J connectivity index is 1.73. The number of ether oxygens (including phenoxy) is 2. The van der Waals surface area contributed by atoms with Gasteiger partial charge < -0.3 is 14.0 Å². The molecule has 1 aliphatic carbocycles. The summed E-state index contributed by atoms with van der Waals surface area (Å²) in [5.74, 6) is 3.62. The van der Waals surface area contributed by atoms with Gasteiger partial charge in [0.25, 0.3) is 5.89 Å². The maximum atomic E-state index is 5.36. The molecule has 0 unspecified atom stereocenters. The molecule has 0 aliphatic heterocycles. The molecular weight excluding hydrogens is 244 g/mol. The van der Waals surface area contributed by atoms with Crippen LogP contribution in [-0.4, -0.2) is 30.0 Å². The molecule has 0 N–H and O–H groups in total. The van der Waals surface area contributed by atoms with E-state index >= 15 is 0 Å².